The van der Waals surface area contributed by atoms with Gasteiger partial charge < -0.3 is 15.8 Å². The van der Waals surface area contributed by atoms with Gasteiger partial charge in [-0.05, 0) is 18.0 Å². The van der Waals surface area contributed by atoms with E-state index in [0.717, 1.165) is 6.07 Å². The van der Waals surface area contributed by atoms with Crippen molar-refractivity contribution in [3.05, 3.63) is 23.8 Å². The molecule has 12 heavy (non-hydrogen) atoms. The molecular weight excluding hydrogens is 153 g/mol. The summed E-state index contributed by atoms with van der Waals surface area (Å²) in [4.78, 5) is 0. The van der Waals surface area contributed by atoms with Gasteiger partial charge in [0.2, 0.25) is 0 Å². The highest BCUT2D eigenvalue weighted by molar-refractivity contribution is 6.60. The Labute approximate surface area is 79.0 Å². The molecule has 0 heterocycles. The Balaban J connectivity index is 3.30. The quantitative estimate of drug-likeness (QED) is 0.414. The van der Waals surface area contributed by atoms with Crippen molar-refractivity contribution in [2.75, 3.05) is 5.73 Å². The molecule has 0 aromatic heterocycles. The highest BCUT2D eigenvalue weighted by atomic mass is 16.4. The van der Waals surface area contributed by atoms with Crippen LogP contribution in [0.5, 0.6) is 0 Å². The molecule has 0 saturated heterocycles. The van der Waals surface area contributed by atoms with Gasteiger partial charge in [0.05, 0.1) is 0 Å². The lowest BCUT2D eigenvalue weighted by Gasteiger charge is -2.05. The standard InChI is InChI=1S/C8H12BNO2/c1-2-6-3-4-8(10)7(5-6)9(11)12/h3-5,11-12H,2,10H2,1H3/i1D3,2D2. The molecule has 1 aromatic rings. The molecule has 4 heteroatoms. The Morgan fingerprint density at radius 1 is 1.67 bits per heavy atom. The molecule has 0 saturated carbocycles. The van der Waals surface area contributed by atoms with Crippen LogP contribution in [0, 0.1) is 0 Å². The molecular formula is C8H12BNO2. The van der Waals surface area contributed by atoms with Crippen LogP contribution in [0.4, 0.5) is 5.69 Å². The van der Waals surface area contributed by atoms with E-state index in [1.165, 1.54) is 12.1 Å². The molecule has 3 nitrogen and oxygen atoms in total. The molecule has 64 valence electrons. The number of hydrogen-bond acceptors (Lipinski definition) is 3. The smallest absolute Gasteiger partial charge is 0.423 e. The molecule has 0 atom stereocenters. The summed E-state index contributed by atoms with van der Waals surface area (Å²) in [6.45, 7) is -2.85. The van der Waals surface area contributed by atoms with E-state index in [0.29, 0.717) is 0 Å². The average molecular weight is 170 g/mol. The predicted octanol–water partition coefficient (Wildman–Crippen LogP) is -0.489. The minimum absolute atomic E-state index is 0.0603. The molecule has 0 aliphatic rings. The summed E-state index contributed by atoms with van der Waals surface area (Å²) in [6.07, 6.45) is -2.58. The fourth-order valence-corrected chi connectivity index (χ4v) is 0.876. The van der Waals surface area contributed by atoms with Gasteiger partial charge in [0, 0.05) is 18.0 Å². The summed E-state index contributed by atoms with van der Waals surface area (Å²) in [5, 5.41) is 18.0. The summed E-state index contributed by atoms with van der Waals surface area (Å²) >= 11 is 0. The van der Waals surface area contributed by atoms with Crippen LogP contribution < -0.4 is 11.2 Å². The number of nitrogens with two attached hydrogens (primary N) is 1. The van der Waals surface area contributed by atoms with Crippen molar-refractivity contribution in [3.8, 4) is 0 Å². The zero-order valence-corrected chi connectivity index (χ0v) is 6.28. The Kier molecular flexibility index (Phi) is 1.29. The van der Waals surface area contributed by atoms with Gasteiger partial charge in [0.15, 0.2) is 0 Å². The van der Waals surface area contributed by atoms with Gasteiger partial charge in [0.1, 0.15) is 0 Å². The summed E-state index contributed by atoms with van der Waals surface area (Å²) in [6, 6.07) is 3.51. The van der Waals surface area contributed by atoms with Crippen LogP contribution >= 0.6 is 0 Å². The van der Waals surface area contributed by atoms with E-state index < -0.39 is 20.3 Å². The van der Waals surface area contributed by atoms with Crippen LogP contribution in [-0.4, -0.2) is 17.2 Å². The van der Waals surface area contributed by atoms with Crippen LogP contribution in [0.15, 0.2) is 18.2 Å². The maximum atomic E-state index is 9.01. The minimum atomic E-state index is -2.85. The summed E-state index contributed by atoms with van der Waals surface area (Å²) in [5.74, 6) is 0. The number of nitrogen functional groups attached to an aromatic ring is 1. The summed E-state index contributed by atoms with van der Waals surface area (Å²) in [5.41, 5.74) is 5.23. The number of benzene rings is 1. The first-order valence-electron chi connectivity index (χ1n) is 5.83. The van der Waals surface area contributed by atoms with Crippen LogP contribution in [0.1, 0.15) is 19.3 Å². The molecule has 4 N–H and O–H groups in total. The molecule has 0 aliphatic carbocycles. The highest BCUT2D eigenvalue weighted by Crippen LogP contribution is 2.04. The van der Waals surface area contributed by atoms with E-state index in [-0.39, 0.29) is 16.7 Å². The molecule has 1 aromatic carbocycles. The number of hydrogen-bond donors (Lipinski definition) is 3. The van der Waals surface area contributed by atoms with Crippen LogP contribution in [0.2, 0.25) is 0 Å². The largest absolute Gasteiger partial charge is 0.490 e. The first kappa shape index (κ1) is 4.30. The maximum absolute atomic E-state index is 9.01. The third kappa shape index (κ3) is 1.78. The zero-order valence-electron chi connectivity index (χ0n) is 11.3. The molecule has 0 bridgehead atoms. The first-order valence-corrected chi connectivity index (χ1v) is 3.33. The van der Waals surface area contributed by atoms with Gasteiger partial charge in [-0.1, -0.05) is 19.0 Å². The van der Waals surface area contributed by atoms with Crippen molar-refractivity contribution in [3.63, 3.8) is 0 Å². The van der Waals surface area contributed by atoms with Crippen molar-refractivity contribution >= 4 is 18.3 Å². The van der Waals surface area contributed by atoms with Gasteiger partial charge in [0.25, 0.3) is 0 Å². The molecule has 0 unspecified atom stereocenters. The third-order valence-electron chi connectivity index (χ3n) is 1.51. The first-order chi connectivity index (χ1) is 7.57. The molecule has 0 fully saturated rings. The normalized spacial score (nSPS) is 18.3. The Morgan fingerprint density at radius 3 is 3.00 bits per heavy atom. The van der Waals surface area contributed by atoms with E-state index in [1.54, 1.807) is 0 Å². The van der Waals surface area contributed by atoms with E-state index >= 15 is 0 Å². The fourth-order valence-electron chi connectivity index (χ4n) is 0.876. The van der Waals surface area contributed by atoms with E-state index in [2.05, 4.69) is 0 Å². The predicted molar refractivity (Wildman–Crippen MR) is 50.1 cm³/mol. The van der Waals surface area contributed by atoms with Crippen LogP contribution in [0.3, 0.4) is 0 Å². The number of aryl methyl sites for hydroxylation is 1. The van der Waals surface area contributed by atoms with Gasteiger partial charge >= 0.3 is 7.12 Å². The number of rotatable bonds is 2. The topological polar surface area (TPSA) is 66.5 Å². The molecule has 0 radical (unpaired) electrons. The molecule has 0 spiro atoms. The lowest BCUT2D eigenvalue weighted by Crippen LogP contribution is -2.32. The van der Waals surface area contributed by atoms with E-state index in [9.17, 15) is 0 Å². The Hall–Kier alpha value is -0.995. The zero-order chi connectivity index (χ0) is 13.4. The molecule has 0 aliphatic heterocycles. The van der Waals surface area contributed by atoms with Crippen LogP contribution in [-0.2, 0) is 6.37 Å². The Morgan fingerprint density at radius 2 is 2.42 bits per heavy atom. The van der Waals surface area contributed by atoms with Gasteiger partial charge in [-0.15, -0.1) is 0 Å². The van der Waals surface area contributed by atoms with E-state index in [4.69, 9.17) is 22.6 Å². The third-order valence-corrected chi connectivity index (χ3v) is 1.51. The van der Waals surface area contributed by atoms with Crippen molar-refractivity contribution in [1.29, 1.82) is 0 Å². The van der Waals surface area contributed by atoms with Gasteiger partial charge in [-0.25, -0.2) is 0 Å². The maximum Gasteiger partial charge on any atom is 0.490 e. The van der Waals surface area contributed by atoms with Crippen LogP contribution in [0.25, 0.3) is 0 Å². The highest BCUT2D eigenvalue weighted by Gasteiger charge is 2.14. The molecule has 1 rings (SSSR count). The van der Waals surface area contributed by atoms with E-state index in [1.807, 2.05) is 0 Å². The second-order valence-corrected chi connectivity index (χ2v) is 2.34. The fraction of sp³-hybridized carbons (Fsp3) is 0.250. The van der Waals surface area contributed by atoms with Crippen molar-refractivity contribution in [2.45, 2.75) is 13.2 Å². The lowest BCUT2D eigenvalue weighted by molar-refractivity contribution is 0.426. The number of anilines is 1. The lowest BCUT2D eigenvalue weighted by atomic mass is 9.78. The Bertz CT molecular complexity index is 421. The average Bonchev–Trinajstić information content (AvgIpc) is 2.15. The van der Waals surface area contributed by atoms with Crippen molar-refractivity contribution < 1.29 is 16.9 Å². The van der Waals surface area contributed by atoms with Crippen molar-refractivity contribution in [2.24, 2.45) is 0 Å². The summed E-state index contributed by atoms with van der Waals surface area (Å²) in [7, 11) is -1.87. The molecule has 0 amide bonds. The monoisotopic (exact) mass is 170 g/mol. The second kappa shape index (κ2) is 3.60. The minimum Gasteiger partial charge on any atom is -0.423 e. The van der Waals surface area contributed by atoms with Gasteiger partial charge in [-0.2, -0.15) is 0 Å². The summed E-state index contributed by atoms with van der Waals surface area (Å²) < 4.78 is 36.4. The van der Waals surface area contributed by atoms with Gasteiger partial charge in [-0.3, -0.25) is 0 Å². The second-order valence-electron chi connectivity index (χ2n) is 2.34. The SMILES string of the molecule is [2H]C([2H])([2H])C([2H])([2H])c1ccc(N)c(B(O)O)c1. The van der Waals surface area contributed by atoms with Crippen molar-refractivity contribution in [1.82, 2.24) is 0 Å².